The summed E-state index contributed by atoms with van der Waals surface area (Å²) in [7, 11) is 3.08. The van der Waals surface area contributed by atoms with Crippen molar-refractivity contribution in [1.82, 2.24) is 10.0 Å². The number of rotatable bonds is 4. The lowest BCUT2D eigenvalue weighted by Crippen LogP contribution is -2.14. The molecule has 0 N–H and O–H groups in total. The van der Waals surface area contributed by atoms with Crippen molar-refractivity contribution < 1.29 is 13.6 Å². The Morgan fingerprint density at radius 2 is 2.27 bits per heavy atom. The molecular weight excluding hydrogens is 202 g/mol. The third-order valence-corrected chi connectivity index (χ3v) is 1.99. The Labute approximate surface area is 86.9 Å². The molecule has 0 saturated heterocycles. The predicted molar refractivity (Wildman–Crippen MR) is 53.0 cm³/mol. The van der Waals surface area contributed by atoms with Crippen molar-refractivity contribution in [2.45, 2.75) is 6.43 Å². The summed E-state index contributed by atoms with van der Waals surface area (Å²) in [6.07, 6.45) is -1.18. The Kier molecular flexibility index (Phi) is 3.74. The predicted octanol–water partition coefficient (Wildman–Crippen LogP) is 2.48. The van der Waals surface area contributed by atoms with Gasteiger partial charge in [0, 0.05) is 18.8 Å². The highest BCUT2D eigenvalue weighted by Gasteiger charge is 2.11. The molecule has 0 aliphatic rings. The van der Waals surface area contributed by atoms with Crippen molar-refractivity contribution in [3.8, 4) is 0 Å². The van der Waals surface area contributed by atoms with Gasteiger partial charge in [-0.2, -0.15) is 0 Å². The van der Waals surface area contributed by atoms with Gasteiger partial charge in [0.15, 0.2) is 0 Å². The topological polar surface area (TPSA) is 25.4 Å². The lowest BCUT2D eigenvalue weighted by molar-refractivity contribution is -0.0527. The zero-order chi connectivity index (χ0) is 11.4. The first-order chi connectivity index (χ1) is 7.06. The van der Waals surface area contributed by atoms with Gasteiger partial charge in [0.1, 0.15) is 0 Å². The summed E-state index contributed by atoms with van der Waals surface area (Å²) in [5.41, 5.74) is 0.725. The first kappa shape index (κ1) is 11.6. The van der Waals surface area contributed by atoms with E-state index in [-0.39, 0.29) is 5.56 Å². The van der Waals surface area contributed by atoms with Crippen molar-refractivity contribution in [1.29, 1.82) is 0 Å². The number of halogens is 2. The van der Waals surface area contributed by atoms with Crippen LogP contribution in [0.3, 0.4) is 0 Å². The SMILES string of the molecule is C=C(c1cc(C(F)F)ccn1)N(C)OC. The second kappa shape index (κ2) is 4.84. The molecule has 1 aromatic heterocycles. The summed E-state index contributed by atoms with van der Waals surface area (Å²) < 4.78 is 24.8. The molecule has 0 fully saturated rings. The van der Waals surface area contributed by atoms with E-state index >= 15 is 0 Å². The molecule has 0 aromatic carbocycles. The number of alkyl halides is 2. The molecule has 0 atom stereocenters. The van der Waals surface area contributed by atoms with Gasteiger partial charge in [0.05, 0.1) is 18.5 Å². The van der Waals surface area contributed by atoms with Crippen LogP contribution in [0, 0.1) is 0 Å². The van der Waals surface area contributed by atoms with Gasteiger partial charge < -0.3 is 0 Å². The largest absolute Gasteiger partial charge is 0.277 e. The fourth-order valence-electron chi connectivity index (χ4n) is 1.01. The Morgan fingerprint density at radius 3 is 2.80 bits per heavy atom. The molecule has 0 saturated carbocycles. The van der Waals surface area contributed by atoms with Gasteiger partial charge in [0.2, 0.25) is 0 Å². The second-order valence-electron chi connectivity index (χ2n) is 2.90. The average Bonchev–Trinajstić information content (AvgIpc) is 2.27. The molecule has 3 nitrogen and oxygen atoms in total. The minimum absolute atomic E-state index is 0.0781. The monoisotopic (exact) mass is 214 g/mol. The molecule has 0 unspecified atom stereocenters. The van der Waals surface area contributed by atoms with Crippen LogP contribution in [0.1, 0.15) is 17.7 Å². The van der Waals surface area contributed by atoms with E-state index in [9.17, 15) is 8.78 Å². The summed E-state index contributed by atoms with van der Waals surface area (Å²) in [5.74, 6) is 0. The molecule has 5 heteroatoms. The quantitative estimate of drug-likeness (QED) is 0.720. The van der Waals surface area contributed by atoms with Gasteiger partial charge in [-0.1, -0.05) is 6.58 Å². The Hall–Kier alpha value is -1.49. The molecule has 0 amide bonds. The number of hydrogen-bond donors (Lipinski definition) is 0. The Balaban J connectivity index is 2.95. The van der Waals surface area contributed by atoms with E-state index in [0.29, 0.717) is 11.4 Å². The van der Waals surface area contributed by atoms with E-state index in [1.807, 2.05) is 0 Å². The van der Waals surface area contributed by atoms with E-state index in [0.717, 1.165) is 0 Å². The maximum Gasteiger partial charge on any atom is 0.263 e. The van der Waals surface area contributed by atoms with Gasteiger partial charge in [-0.15, -0.1) is 0 Å². The summed E-state index contributed by atoms with van der Waals surface area (Å²) in [5, 5.41) is 1.36. The molecular formula is C10H12F2N2O. The normalized spacial score (nSPS) is 10.5. The molecule has 1 heterocycles. The number of nitrogens with zero attached hydrogens (tertiary/aromatic N) is 2. The number of hydrogen-bond acceptors (Lipinski definition) is 3. The molecule has 0 spiro atoms. The average molecular weight is 214 g/mol. The van der Waals surface area contributed by atoms with Crippen molar-refractivity contribution in [3.05, 3.63) is 36.2 Å². The van der Waals surface area contributed by atoms with Crippen LogP contribution in [0.5, 0.6) is 0 Å². The zero-order valence-corrected chi connectivity index (χ0v) is 8.58. The van der Waals surface area contributed by atoms with E-state index < -0.39 is 6.43 Å². The van der Waals surface area contributed by atoms with E-state index in [1.165, 1.54) is 30.5 Å². The summed E-state index contributed by atoms with van der Waals surface area (Å²) in [6, 6.07) is 2.57. The van der Waals surface area contributed by atoms with Crippen molar-refractivity contribution in [3.63, 3.8) is 0 Å². The molecule has 0 aliphatic heterocycles. The van der Waals surface area contributed by atoms with Crippen molar-refractivity contribution in [2.24, 2.45) is 0 Å². The smallest absolute Gasteiger partial charge is 0.263 e. The van der Waals surface area contributed by atoms with Crippen LogP contribution in [-0.2, 0) is 4.84 Å². The first-order valence-electron chi connectivity index (χ1n) is 4.27. The van der Waals surface area contributed by atoms with Crippen LogP contribution in [0.2, 0.25) is 0 Å². The highest BCUT2D eigenvalue weighted by atomic mass is 19.3. The van der Waals surface area contributed by atoms with Crippen LogP contribution in [0.25, 0.3) is 5.70 Å². The molecule has 15 heavy (non-hydrogen) atoms. The van der Waals surface area contributed by atoms with Crippen LogP contribution >= 0.6 is 0 Å². The minimum Gasteiger partial charge on any atom is -0.277 e. The van der Waals surface area contributed by atoms with Crippen LogP contribution < -0.4 is 0 Å². The highest BCUT2D eigenvalue weighted by Crippen LogP contribution is 2.21. The second-order valence-corrected chi connectivity index (χ2v) is 2.90. The van der Waals surface area contributed by atoms with E-state index in [1.54, 1.807) is 7.05 Å². The maximum absolute atomic E-state index is 12.4. The van der Waals surface area contributed by atoms with Gasteiger partial charge in [0.25, 0.3) is 6.43 Å². The van der Waals surface area contributed by atoms with Gasteiger partial charge in [-0.25, -0.2) is 8.78 Å². The Bertz CT molecular complexity index is 355. The van der Waals surface area contributed by atoms with Gasteiger partial charge >= 0.3 is 0 Å². The molecule has 0 bridgehead atoms. The zero-order valence-electron chi connectivity index (χ0n) is 8.58. The number of hydroxylamine groups is 2. The molecule has 0 radical (unpaired) electrons. The van der Waals surface area contributed by atoms with Crippen LogP contribution in [0.15, 0.2) is 24.9 Å². The minimum atomic E-state index is -2.51. The summed E-state index contributed by atoms with van der Waals surface area (Å²) >= 11 is 0. The maximum atomic E-state index is 12.4. The van der Waals surface area contributed by atoms with E-state index in [4.69, 9.17) is 4.84 Å². The summed E-state index contributed by atoms with van der Waals surface area (Å²) in [6.45, 7) is 3.69. The number of pyridine rings is 1. The lowest BCUT2D eigenvalue weighted by atomic mass is 10.2. The molecule has 82 valence electrons. The fourth-order valence-corrected chi connectivity index (χ4v) is 1.01. The van der Waals surface area contributed by atoms with Crippen LogP contribution in [-0.4, -0.2) is 24.2 Å². The fraction of sp³-hybridized carbons (Fsp3) is 0.300. The first-order valence-corrected chi connectivity index (χ1v) is 4.27. The van der Waals surface area contributed by atoms with Crippen LogP contribution in [0.4, 0.5) is 8.78 Å². The third kappa shape index (κ3) is 2.73. The van der Waals surface area contributed by atoms with E-state index in [2.05, 4.69) is 11.6 Å². The molecule has 1 aromatic rings. The van der Waals surface area contributed by atoms with Gasteiger partial charge in [-0.05, 0) is 12.1 Å². The highest BCUT2D eigenvalue weighted by molar-refractivity contribution is 5.57. The van der Waals surface area contributed by atoms with Crippen molar-refractivity contribution in [2.75, 3.05) is 14.2 Å². The molecule has 1 rings (SSSR count). The Morgan fingerprint density at radius 1 is 1.60 bits per heavy atom. The summed E-state index contributed by atoms with van der Waals surface area (Å²) in [4.78, 5) is 8.81. The third-order valence-electron chi connectivity index (χ3n) is 1.99. The van der Waals surface area contributed by atoms with Gasteiger partial charge in [-0.3, -0.25) is 14.9 Å². The number of aromatic nitrogens is 1. The lowest BCUT2D eigenvalue weighted by Gasteiger charge is -2.18. The van der Waals surface area contributed by atoms with Crippen molar-refractivity contribution >= 4 is 5.70 Å². The molecule has 0 aliphatic carbocycles. The standard InChI is InChI=1S/C10H12F2N2O/c1-7(14(2)15-3)9-6-8(10(11)12)4-5-13-9/h4-6,10H,1H2,2-3H3.